The number of hydrogen-bond donors (Lipinski definition) is 0. The predicted molar refractivity (Wildman–Crippen MR) is 237 cm³/mol. The second-order valence-electron chi connectivity index (χ2n) is 15.6. The van der Waals surface area contributed by atoms with Crippen LogP contribution in [0.2, 0.25) is 0 Å². The Kier molecular flexibility index (Phi) is 7.12. The molecule has 0 bridgehead atoms. The maximum atomic E-state index is 2.48. The highest BCUT2D eigenvalue weighted by molar-refractivity contribution is 6.10. The monoisotopic (exact) mass is 723 g/mol. The maximum absolute atomic E-state index is 2.48. The van der Waals surface area contributed by atoms with E-state index in [1.807, 2.05) is 0 Å². The van der Waals surface area contributed by atoms with Gasteiger partial charge in [0, 0.05) is 28.3 Å². The van der Waals surface area contributed by atoms with Crippen molar-refractivity contribution in [1.82, 2.24) is 4.57 Å². The Morgan fingerprint density at radius 2 is 0.789 bits per heavy atom. The smallest absolute Gasteiger partial charge is 0.0541 e. The lowest BCUT2D eigenvalue weighted by Crippen LogP contribution is -2.02. The topological polar surface area (TPSA) is 4.93 Å². The van der Waals surface area contributed by atoms with Gasteiger partial charge in [-0.25, -0.2) is 0 Å². The van der Waals surface area contributed by atoms with Crippen LogP contribution in [-0.4, -0.2) is 4.57 Å². The molecular formula is C56H37N. The SMILES string of the molecule is c1ccc(-c2ccc3c(c2)c2ccccc2n3-c2cccc(-c3ccc(C4c5ccccc5-c5cc(C6c7ccccc7-c7ccccc76)ccc54)cc3)c2)cc1. The van der Waals surface area contributed by atoms with Crippen molar-refractivity contribution in [2.24, 2.45) is 0 Å². The van der Waals surface area contributed by atoms with E-state index in [1.54, 1.807) is 0 Å². The summed E-state index contributed by atoms with van der Waals surface area (Å²) in [6.45, 7) is 0. The maximum Gasteiger partial charge on any atom is 0.0541 e. The van der Waals surface area contributed by atoms with E-state index in [4.69, 9.17) is 0 Å². The predicted octanol–water partition coefficient (Wildman–Crippen LogP) is 14.4. The van der Waals surface area contributed by atoms with Crippen molar-refractivity contribution in [3.63, 3.8) is 0 Å². The molecule has 0 spiro atoms. The summed E-state index contributed by atoms with van der Waals surface area (Å²) >= 11 is 0. The molecule has 1 aromatic heterocycles. The third-order valence-corrected chi connectivity index (χ3v) is 12.6. The average Bonchev–Trinajstić information content (AvgIpc) is 3.92. The number of fused-ring (bicyclic) bond motifs is 9. The van der Waals surface area contributed by atoms with Crippen molar-refractivity contribution in [2.75, 3.05) is 0 Å². The van der Waals surface area contributed by atoms with Crippen LogP contribution >= 0.6 is 0 Å². The first kappa shape index (κ1) is 32.1. The van der Waals surface area contributed by atoms with Crippen LogP contribution in [0.25, 0.3) is 72.0 Å². The fourth-order valence-electron chi connectivity index (χ4n) is 10.0. The van der Waals surface area contributed by atoms with E-state index < -0.39 is 0 Å². The first-order valence-electron chi connectivity index (χ1n) is 20.0. The summed E-state index contributed by atoms with van der Waals surface area (Å²) in [5, 5.41) is 2.53. The highest BCUT2D eigenvalue weighted by atomic mass is 15.0. The van der Waals surface area contributed by atoms with Gasteiger partial charge in [0.15, 0.2) is 0 Å². The zero-order valence-corrected chi connectivity index (χ0v) is 31.3. The molecule has 1 atom stereocenters. The van der Waals surface area contributed by atoms with E-state index in [9.17, 15) is 0 Å². The molecule has 0 saturated heterocycles. The fraction of sp³-hybridized carbons (Fsp3) is 0.0357. The molecule has 1 heterocycles. The van der Waals surface area contributed by atoms with Gasteiger partial charge in [0.25, 0.3) is 0 Å². The highest BCUT2D eigenvalue weighted by Gasteiger charge is 2.33. The van der Waals surface area contributed by atoms with Crippen molar-refractivity contribution < 1.29 is 0 Å². The van der Waals surface area contributed by atoms with Crippen LogP contribution < -0.4 is 0 Å². The average molecular weight is 724 g/mol. The molecule has 1 unspecified atom stereocenters. The molecule has 9 aromatic carbocycles. The van der Waals surface area contributed by atoms with Gasteiger partial charge in [-0.3, -0.25) is 0 Å². The van der Waals surface area contributed by atoms with Crippen LogP contribution in [0.1, 0.15) is 45.2 Å². The molecule has 0 fully saturated rings. The van der Waals surface area contributed by atoms with Gasteiger partial charge in [0.05, 0.1) is 11.0 Å². The summed E-state index contributed by atoms with van der Waals surface area (Å²) in [5.41, 5.74) is 22.1. The summed E-state index contributed by atoms with van der Waals surface area (Å²) < 4.78 is 2.42. The van der Waals surface area contributed by atoms with Crippen LogP contribution in [0, 0.1) is 0 Å². The van der Waals surface area contributed by atoms with Gasteiger partial charge in [-0.2, -0.15) is 0 Å². The number of benzene rings is 9. The molecule has 0 radical (unpaired) electrons. The molecule has 2 aliphatic rings. The lowest BCUT2D eigenvalue weighted by atomic mass is 9.85. The number of nitrogens with zero attached hydrogens (tertiary/aromatic N) is 1. The molecule has 0 saturated carbocycles. The van der Waals surface area contributed by atoms with Crippen LogP contribution in [0.5, 0.6) is 0 Å². The van der Waals surface area contributed by atoms with Crippen molar-refractivity contribution in [3.05, 3.63) is 246 Å². The molecule has 266 valence electrons. The van der Waals surface area contributed by atoms with Gasteiger partial charge in [-0.15, -0.1) is 0 Å². The third-order valence-electron chi connectivity index (χ3n) is 12.6. The third kappa shape index (κ3) is 4.95. The molecular weight excluding hydrogens is 687 g/mol. The molecule has 12 rings (SSSR count). The minimum atomic E-state index is 0.187. The second-order valence-corrected chi connectivity index (χ2v) is 15.6. The first-order valence-corrected chi connectivity index (χ1v) is 20.0. The van der Waals surface area contributed by atoms with Gasteiger partial charge in [-0.05, 0) is 114 Å². The van der Waals surface area contributed by atoms with Crippen molar-refractivity contribution in [2.45, 2.75) is 11.8 Å². The van der Waals surface area contributed by atoms with E-state index in [1.165, 1.54) is 99.7 Å². The van der Waals surface area contributed by atoms with Gasteiger partial charge < -0.3 is 4.57 Å². The minimum absolute atomic E-state index is 0.187. The lowest BCUT2D eigenvalue weighted by Gasteiger charge is -2.18. The quantitative estimate of drug-likeness (QED) is 0.167. The van der Waals surface area contributed by atoms with Crippen LogP contribution in [0.15, 0.2) is 212 Å². The normalized spacial score (nSPS) is 14.1. The van der Waals surface area contributed by atoms with E-state index in [-0.39, 0.29) is 11.8 Å². The Labute approximate surface area is 332 Å². The van der Waals surface area contributed by atoms with E-state index >= 15 is 0 Å². The van der Waals surface area contributed by atoms with Gasteiger partial charge in [-0.1, -0.05) is 176 Å². The molecule has 0 N–H and O–H groups in total. The number of aromatic nitrogens is 1. The van der Waals surface area contributed by atoms with Gasteiger partial charge >= 0.3 is 0 Å². The summed E-state index contributed by atoms with van der Waals surface area (Å²) in [4.78, 5) is 0. The summed E-state index contributed by atoms with van der Waals surface area (Å²) in [7, 11) is 0. The zero-order chi connectivity index (χ0) is 37.5. The first-order chi connectivity index (χ1) is 28.3. The largest absolute Gasteiger partial charge is 0.309 e. The summed E-state index contributed by atoms with van der Waals surface area (Å²) in [5.74, 6) is 0.422. The van der Waals surface area contributed by atoms with E-state index in [0.29, 0.717) is 0 Å². The van der Waals surface area contributed by atoms with Crippen molar-refractivity contribution in [3.8, 4) is 50.2 Å². The highest BCUT2D eigenvalue weighted by Crippen LogP contribution is 2.52. The zero-order valence-electron chi connectivity index (χ0n) is 31.3. The molecule has 57 heavy (non-hydrogen) atoms. The fourth-order valence-corrected chi connectivity index (χ4v) is 10.0. The van der Waals surface area contributed by atoms with E-state index in [2.05, 4.69) is 217 Å². The van der Waals surface area contributed by atoms with Crippen LogP contribution in [0.3, 0.4) is 0 Å². The number of para-hydroxylation sites is 1. The Morgan fingerprint density at radius 1 is 0.281 bits per heavy atom. The van der Waals surface area contributed by atoms with Crippen LogP contribution in [-0.2, 0) is 0 Å². The molecule has 1 nitrogen and oxygen atoms in total. The van der Waals surface area contributed by atoms with Crippen LogP contribution in [0.4, 0.5) is 0 Å². The second kappa shape index (κ2) is 12.7. The minimum Gasteiger partial charge on any atom is -0.309 e. The van der Waals surface area contributed by atoms with E-state index in [0.717, 1.165) is 5.69 Å². The summed E-state index contributed by atoms with van der Waals surface area (Å²) in [6, 6.07) is 78.8. The molecule has 0 aliphatic heterocycles. The summed E-state index contributed by atoms with van der Waals surface area (Å²) in [6.07, 6.45) is 0. The molecule has 1 heteroatoms. The Morgan fingerprint density at radius 3 is 1.53 bits per heavy atom. The Balaban J connectivity index is 0.909. The number of rotatable bonds is 5. The van der Waals surface area contributed by atoms with Gasteiger partial charge in [0.1, 0.15) is 0 Å². The lowest BCUT2D eigenvalue weighted by molar-refractivity contribution is 0.993. The molecule has 2 aliphatic carbocycles. The van der Waals surface area contributed by atoms with Crippen molar-refractivity contribution in [1.29, 1.82) is 0 Å². The Bertz CT molecular complexity index is 3140. The van der Waals surface area contributed by atoms with Crippen molar-refractivity contribution >= 4 is 21.8 Å². The molecule has 10 aromatic rings. The number of hydrogen-bond acceptors (Lipinski definition) is 0. The molecule has 0 amide bonds. The standard InChI is InChI=1S/C56H37N/c1-2-13-36(14-3-1)40-30-32-54-52(34-40)46-20-10-11-24-53(46)57(54)42-16-12-15-39(33-42)37-25-27-38(28-26-37)55-49-23-9-6-19-45(49)51-35-41(29-31-50(51)55)56-47-21-7-4-17-43(47)44-18-5-8-22-48(44)56/h1-35,55-56H. The van der Waals surface area contributed by atoms with Gasteiger partial charge in [0.2, 0.25) is 0 Å². The Hall–Kier alpha value is -7.22.